The number of hydrogen-bond acceptors (Lipinski definition) is 0. The molecule has 0 saturated carbocycles. The Labute approximate surface area is 169 Å². The van der Waals surface area contributed by atoms with Crippen LogP contribution in [-0.4, -0.2) is 0 Å². The Morgan fingerprint density at radius 3 is 1.88 bits per heavy atom. The summed E-state index contributed by atoms with van der Waals surface area (Å²) in [5.41, 5.74) is 5.48. The summed E-state index contributed by atoms with van der Waals surface area (Å²) < 4.78 is 0. The second-order valence-corrected chi connectivity index (χ2v) is 7.38. The van der Waals surface area contributed by atoms with Gasteiger partial charge in [0.05, 0.1) is 0 Å². The minimum atomic E-state index is 0. The maximum atomic E-state index is 2.27. The monoisotopic (exact) mass is 398 g/mol. The first-order chi connectivity index (χ1) is 12.3. The van der Waals surface area contributed by atoms with Gasteiger partial charge in [0.1, 0.15) is 0 Å². The molecular weight excluding hydrogens is 375 g/mol. The zero-order chi connectivity index (χ0) is 17.5. The van der Waals surface area contributed by atoms with E-state index in [2.05, 4.69) is 80.6 Å². The Kier molecular flexibility index (Phi) is 8.07. The smallest absolute Gasteiger partial charge is 0 e. The second kappa shape index (κ2) is 10.3. The summed E-state index contributed by atoms with van der Waals surface area (Å²) >= 11 is 0. The van der Waals surface area contributed by atoms with Gasteiger partial charge in [-0.3, -0.25) is 0 Å². The van der Waals surface area contributed by atoms with Crippen LogP contribution in [-0.2, 0) is 17.1 Å². The average Bonchev–Trinajstić information content (AvgIpc) is 3.33. The summed E-state index contributed by atoms with van der Waals surface area (Å²) in [5.74, 6) is 0. The fourth-order valence-electron chi connectivity index (χ4n) is 2.73. The number of rotatable bonds is 3. The van der Waals surface area contributed by atoms with Gasteiger partial charge in [-0.15, -0.1) is 8.58 Å². The molecule has 0 heterocycles. The summed E-state index contributed by atoms with van der Waals surface area (Å²) in [5, 5.41) is 2.89. The molecule has 0 N–H and O–H groups in total. The minimum Gasteiger partial charge on any atom is -0.748 e. The molecule has 0 spiro atoms. The molecule has 4 aromatic carbocycles. The van der Waals surface area contributed by atoms with Crippen LogP contribution < -0.4 is 10.6 Å². The van der Waals surface area contributed by atoms with E-state index in [-0.39, 0.29) is 17.1 Å². The van der Waals surface area contributed by atoms with Gasteiger partial charge in [0.15, 0.2) is 0 Å². The molecule has 1 unspecified atom stereocenters. The molecular formula is C24H23FeP-6. The van der Waals surface area contributed by atoms with Crippen LogP contribution in [0.2, 0.25) is 0 Å². The van der Waals surface area contributed by atoms with Gasteiger partial charge in [-0.2, -0.15) is 22.5 Å². The van der Waals surface area contributed by atoms with E-state index >= 15 is 0 Å². The fraction of sp³-hybridized carbons (Fsp3) is 0.0833. The zero-order valence-electron chi connectivity index (χ0n) is 15.1. The largest absolute Gasteiger partial charge is 0.748 e. The summed E-state index contributed by atoms with van der Waals surface area (Å²) in [6, 6.07) is 33.9. The second-order valence-electron chi connectivity index (χ2n) is 6.05. The van der Waals surface area contributed by atoms with Crippen molar-refractivity contribution in [3.63, 3.8) is 0 Å². The average molecular weight is 398 g/mol. The van der Waals surface area contributed by atoms with Crippen molar-refractivity contribution in [2.75, 3.05) is 0 Å². The molecule has 0 nitrogen and oxygen atoms in total. The van der Waals surface area contributed by atoms with Gasteiger partial charge < -0.3 is 30.3 Å². The van der Waals surface area contributed by atoms with Crippen molar-refractivity contribution in [2.45, 2.75) is 13.8 Å². The maximum Gasteiger partial charge on any atom is 0 e. The third-order valence-corrected chi connectivity index (χ3v) is 5.85. The Morgan fingerprint density at radius 1 is 0.731 bits per heavy atom. The molecule has 0 aliphatic carbocycles. The molecule has 0 aliphatic rings. The van der Waals surface area contributed by atoms with Gasteiger partial charge >= 0.3 is 0 Å². The van der Waals surface area contributed by atoms with Crippen LogP contribution in [0.15, 0.2) is 97.1 Å². The van der Waals surface area contributed by atoms with E-state index in [1.165, 1.54) is 32.9 Å². The quantitative estimate of drug-likeness (QED) is 0.235. The summed E-state index contributed by atoms with van der Waals surface area (Å²) in [4.78, 5) is 0. The topological polar surface area (TPSA) is 0 Å². The van der Waals surface area contributed by atoms with Crippen molar-refractivity contribution in [1.29, 1.82) is 0 Å². The molecule has 0 radical (unpaired) electrons. The number of hydrogen-bond donors (Lipinski definition) is 0. The molecule has 4 aromatic rings. The molecule has 4 rings (SSSR count). The summed E-state index contributed by atoms with van der Waals surface area (Å²) in [7, 11) is 0.721. The maximum absolute atomic E-state index is 2.27. The number of aryl methyl sites for hydroxylation is 1. The van der Waals surface area contributed by atoms with Crippen molar-refractivity contribution in [2.24, 2.45) is 0 Å². The molecule has 138 valence electrons. The van der Waals surface area contributed by atoms with E-state index in [4.69, 9.17) is 0 Å². The van der Waals surface area contributed by atoms with E-state index in [0.717, 1.165) is 8.58 Å². The van der Waals surface area contributed by atoms with Gasteiger partial charge in [0, 0.05) is 17.1 Å². The Balaban J connectivity index is 0.000000351. The van der Waals surface area contributed by atoms with Crippen LogP contribution >= 0.6 is 8.58 Å². The minimum absolute atomic E-state index is 0. The normalized spacial score (nSPS) is 10.2. The molecule has 0 fully saturated rings. The van der Waals surface area contributed by atoms with Crippen LogP contribution in [0.25, 0.3) is 11.1 Å². The van der Waals surface area contributed by atoms with Crippen LogP contribution in [0.5, 0.6) is 0 Å². The predicted octanol–water partition coefficient (Wildman–Crippen LogP) is 5.72. The zero-order valence-corrected chi connectivity index (χ0v) is 17.2. The number of benzene rings is 2. The molecule has 2 heteroatoms. The molecule has 0 bridgehead atoms. The molecule has 0 saturated heterocycles. The van der Waals surface area contributed by atoms with E-state index in [0.29, 0.717) is 0 Å². The summed E-state index contributed by atoms with van der Waals surface area (Å²) in [6.45, 7) is 4.41. The van der Waals surface area contributed by atoms with Gasteiger partial charge in [-0.25, -0.2) is 6.07 Å². The SMILES string of the molecule is Cc1c(Pc2ccccc2-c2ccccc2)cc[c-]1C.[Fe].[cH-]1[cH-][cH-][cH-][cH-]1. The van der Waals surface area contributed by atoms with Crippen LogP contribution in [0.3, 0.4) is 0 Å². The van der Waals surface area contributed by atoms with Crippen molar-refractivity contribution >= 4 is 19.2 Å². The fourth-order valence-corrected chi connectivity index (χ4v) is 4.12. The van der Waals surface area contributed by atoms with Crippen molar-refractivity contribution < 1.29 is 17.1 Å². The van der Waals surface area contributed by atoms with Gasteiger partial charge in [0.25, 0.3) is 0 Å². The van der Waals surface area contributed by atoms with Crippen molar-refractivity contribution in [3.8, 4) is 11.1 Å². The first-order valence-corrected chi connectivity index (χ1v) is 9.57. The van der Waals surface area contributed by atoms with Gasteiger partial charge in [0.2, 0.25) is 0 Å². The van der Waals surface area contributed by atoms with E-state index in [9.17, 15) is 0 Å². The Hall–Kier alpha value is -1.91. The predicted molar refractivity (Wildman–Crippen MR) is 113 cm³/mol. The van der Waals surface area contributed by atoms with Crippen LogP contribution in [0.4, 0.5) is 0 Å². The Morgan fingerprint density at radius 2 is 1.31 bits per heavy atom. The van der Waals surface area contributed by atoms with E-state index in [1.807, 2.05) is 30.3 Å². The third-order valence-electron chi connectivity index (χ3n) is 4.33. The standard InChI is InChI=1S/C19H18P.C5H5.Fe/c1-14-12-13-18(15(14)2)20-19-11-7-6-10-17(19)16-8-4-3-5-9-16;1-2-4-5-3-1;/h3-13,20H,1-2H3;1-5H;/q-1;-5;. The van der Waals surface area contributed by atoms with Gasteiger partial charge in [-0.05, 0) is 16.4 Å². The van der Waals surface area contributed by atoms with Crippen LogP contribution in [0.1, 0.15) is 11.1 Å². The van der Waals surface area contributed by atoms with Gasteiger partial charge in [-0.1, -0.05) is 68.4 Å². The van der Waals surface area contributed by atoms with Crippen molar-refractivity contribution in [3.05, 3.63) is 108 Å². The molecule has 0 aliphatic heterocycles. The third kappa shape index (κ3) is 5.29. The molecule has 26 heavy (non-hydrogen) atoms. The van der Waals surface area contributed by atoms with E-state index in [1.54, 1.807) is 0 Å². The first-order valence-electron chi connectivity index (χ1n) is 8.57. The summed E-state index contributed by atoms with van der Waals surface area (Å²) in [6.07, 6.45) is 0. The molecule has 1 atom stereocenters. The van der Waals surface area contributed by atoms with Crippen LogP contribution in [0, 0.1) is 13.8 Å². The Bertz CT molecular complexity index is 872. The first kappa shape index (κ1) is 20.4. The van der Waals surface area contributed by atoms with Crippen molar-refractivity contribution in [1.82, 2.24) is 0 Å². The van der Waals surface area contributed by atoms with E-state index < -0.39 is 0 Å². The molecule has 0 aromatic heterocycles. The molecule has 0 amide bonds.